The molecule has 1 aliphatic rings. The minimum absolute atomic E-state index is 0.0216. The first kappa shape index (κ1) is 10.5. The standard InChI is InChI=1S/C12H10N2O2S/c15-10(7-1-2-7)6-11(16)8-3-4-12-9(5-8)13-14-17-12/h3-5,7H,1-2,6H2. The third kappa shape index (κ3) is 2.10. The van der Waals surface area contributed by atoms with Crippen LogP contribution in [0.3, 0.4) is 0 Å². The van der Waals surface area contributed by atoms with Crippen LogP contribution in [0.1, 0.15) is 29.6 Å². The summed E-state index contributed by atoms with van der Waals surface area (Å²) in [5, 5.41) is 3.92. The second-order valence-corrected chi connectivity index (χ2v) is 5.08. The smallest absolute Gasteiger partial charge is 0.170 e. The lowest BCUT2D eigenvalue weighted by Gasteiger charge is -1.99. The molecule has 0 radical (unpaired) electrons. The Balaban J connectivity index is 1.81. The SMILES string of the molecule is O=C(CC(=O)C1CC1)c1ccc2snnc2c1. The normalized spacial score (nSPS) is 15.1. The van der Waals surface area contributed by atoms with Gasteiger partial charge in [0.1, 0.15) is 11.3 Å². The van der Waals surface area contributed by atoms with Crippen LogP contribution in [-0.4, -0.2) is 21.2 Å². The van der Waals surface area contributed by atoms with E-state index in [4.69, 9.17) is 0 Å². The lowest BCUT2D eigenvalue weighted by Crippen LogP contribution is -2.09. The van der Waals surface area contributed by atoms with Crippen LogP contribution >= 0.6 is 11.5 Å². The van der Waals surface area contributed by atoms with Crippen molar-refractivity contribution in [2.75, 3.05) is 0 Å². The summed E-state index contributed by atoms with van der Waals surface area (Å²) in [6, 6.07) is 5.28. The molecule has 17 heavy (non-hydrogen) atoms. The van der Waals surface area contributed by atoms with Crippen molar-refractivity contribution < 1.29 is 9.59 Å². The number of hydrogen-bond donors (Lipinski definition) is 0. The molecule has 1 saturated carbocycles. The van der Waals surface area contributed by atoms with E-state index in [1.54, 1.807) is 12.1 Å². The number of carbonyl (C=O) groups excluding carboxylic acids is 2. The Morgan fingerprint density at radius 2 is 2.18 bits per heavy atom. The van der Waals surface area contributed by atoms with Crippen LogP contribution in [0.4, 0.5) is 0 Å². The summed E-state index contributed by atoms with van der Waals surface area (Å²) in [6.07, 6.45) is 1.91. The van der Waals surface area contributed by atoms with E-state index in [1.807, 2.05) is 6.07 Å². The van der Waals surface area contributed by atoms with Crippen LogP contribution in [0.25, 0.3) is 10.2 Å². The summed E-state index contributed by atoms with van der Waals surface area (Å²) < 4.78 is 4.77. The highest BCUT2D eigenvalue weighted by atomic mass is 32.1. The second-order valence-electron chi connectivity index (χ2n) is 4.30. The van der Waals surface area contributed by atoms with Gasteiger partial charge in [-0.1, -0.05) is 4.49 Å². The van der Waals surface area contributed by atoms with Gasteiger partial charge in [-0.05, 0) is 42.6 Å². The molecule has 5 heteroatoms. The van der Waals surface area contributed by atoms with Crippen molar-refractivity contribution in [1.29, 1.82) is 0 Å². The molecule has 0 spiro atoms. The van der Waals surface area contributed by atoms with Crippen molar-refractivity contribution >= 4 is 33.3 Å². The van der Waals surface area contributed by atoms with Crippen molar-refractivity contribution in [2.24, 2.45) is 5.92 Å². The number of hydrogen-bond acceptors (Lipinski definition) is 5. The maximum absolute atomic E-state index is 11.9. The predicted molar refractivity (Wildman–Crippen MR) is 64.1 cm³/mol. The van der Waals surface area contributed by atoms with Gasteiger partial charge in [0.05, 0.1) is 11.1 Å². The monoisotopic (exact) mass is 246 g/mol. The van der Waals surface area contributed by atoms with Crippen molar-refractivity contribution in [3.05, 3.63) is 23.8 Å². The van der Waals surface area contributed by atoms with Gasteiger partial charge in [-0.15, -0.1) is 5.10 Å². The van der Waals surface area contributed by atoms with E-state index in [0.717, 1.165) is 23.1 Å². The molecular weight excluding hydrogens is 236 g/mol. The number of carbonyl (C=O) groups is 2. The van der Waals surface area contributed by atoms with Crippen LogP contribution in [0.5, 0.6) is 0 Å². The molecule has 1 aromatic heterocycles. The number of nitrogens with zero attached hydrogens (tertiary/aromatic N) is 2. The first-order chi connectivity index (χ1) is 8.24. The van der Waals surface area contributed by atoms with Crippen molar-refractivity contribution in [2.45, 2.75) is 19.3 Å². The molecule has 0 bridgehead atoms. The number of rotatable bonds is 4. The van der Waals surface area contributed by atoms with E-state index in [-0.39, 0.29) is 23.9 Å². The van der Waals surface area contributed by atoms with E-state index in [1.165, 1.54) is 11.5 Å². The summed E-state index contributed by atoms with van der Waals surface area (Å²) in [4.78, 5) is 23.4. The van der Waals surface area contributed by atoms with E-state index < -0.39 is 0 Å². The summed E-state index contributed by atoms with van der Waals surface area (Å²) in [5.74, 6) is 0.104. The quantitative estimate of drug-likeness (QED) is 0.613. The minimum atomic E-state index is -0.114. The van der Waals surface area contributed by atoms with Crippen LogP contribution in [0, 0.1) is 5.92 Å². The topological polar surface area (TPSA) is 59.9 Å². The van der Waals surface area contributed by atoms with Crippen molar-refractivity contribution in [3.8, 4) is 0 Å². The third-order valence-corrected chi connectivity index (χ3v) is 3.64. The van der Waals surface area contributed by atoms with Gasteiger partial charge in [0, 0.05) is 11.5 Å². The zero-order valence-electron chi connectivity index (χ0n) is 9.05. The highest BCUT2D eigenvalue weighted by Gasteiger charge is 2.30. The van der Waals surface area contributed by atoms with Gasteiger partial charge in [0.15, 0.2) is 5.78 Å². The molecule has 0 saturated heterocycles. The molecule has 3 rings (SSSR count). The summed E-state index contributed by atoms with van der Waals surface area (Å²) >= 11 is 1.30. The molecule has 4 nitrogen and oxygen atoms in total. The molecule has 1 fully saturated rings. The highest BCUT2D eigenvalue weighted by molar-refractivity contribution is 7.12. The molecule has 1 heterocycles. The fourth-order valence-electron chi connectivity index (χ4n) is 1.76. The predicted octanol–water partition coefficient (Wildman–Crippen LogP) is 2.24. The van der Waals surface area contributed by atoms with Crippen LogP contribution in [0.2, 0.25) is 0 Å². The Labute approximate surface area is 102 Å². The van der Waals surface area contributed by atoms with E-state index in [9.17, 15) is 9.59 Å². The number of Topliss-reactive ketones (excluding diaryl/α,β-unsaturated/α-hetero) is 2. The first-order valence-electron chi connectivity index (χ1n) is 5.52. The largest absolute Gasteiger partial charge is 0.299 e. The van der Waals surface area contributed by atoms with Crippen molar-refractivity contribution in [3.63, 3.8) is 0 Å². The average Bonchev–Trinajstić information content (AvgIpc) is 3.07. The van der Waals surface area contributed by atoms with E-state index >= 15 is 0 Å². The number of benzene rings is 1. The fourth-order valence-corrected chi connectivity index (χ4v) is 2.30. The average molecular weight is 246 g/mol. The lowest BCUT2D eigenvalue weighted by molar-refractivity contribution is -0.119. The molecule has 1 aliphatic carbocycles. The van der Waals surface area contributed by atoms with Crippen molar-refractivity contribution in [1.82, 2.24) is 9.59 Å². The minimum Gasteiger partial charge on any atom is -0.299 e. The Morgan fingerprint density at radius 3 is 2.94 bits per heavy atom. The number of ketones is 2. The van der Waals surface area contributed by atoms with Gasteiger partial charge < -0.3 is 0 Å². The Morgan fingerprint density at radius 1 is 1.35 bits per heavy atom. The summed E-state index contributed by atoms with van der Waals surface area (Å²) in [6.45, 7) is 0. The maximum Gasteiger partial charge on any atom is 0.170 e. The van der Waals surface area contributed by atoms with E-state index in [2.05, 4.69) is 9.59 Å². The molecule has 86 valence electrons. The lowest BCUT2D eigenvalue weighted by atomic mass is 10.0. The molecule has 0 unspecified atom stereocenters. The highest BCUT2D eigenvalue weighted by Crippen LogP contribution is 2.31. The van der Waals surface area contributed by atoms with Crippen LogP contribution in [0.15, 0.2) is 18.2 Å². The van der Waals surface area contributed by atoms with E-state index in [0.29, 0.717) is 5.56 Å². The number of fused-ring (bicyclic) bond motifs is 1. The molecule has 0 amide bonds. The molecule has 1 aromatic carbocycles. The first-order valence-corrected chi connectivity index (χ1v) is 6.29. The summed E-state index contributed by atoms with van der Waals surface area (Å²) in [7, 11) is 0. The Hall–Kier alpha value is -1.62. The Bertz CT molecular complexity index is 601. The molecule has 0 N–H and O–H groups in total. The van der Waals surface area contributed by atoms with Gasteiger partial charge in [0.2, 0.25) is 0 Å². The Kier molecular flexibility index (Phi) is 2.48. The van der Waals surface area contributed by atoms with Crippen LogP contribution < -0.4 is 0 Å². The maximum atomic E-state index is 11.9. The summed E-state index contributed by atoms with van der Waals surface area (Å²) in [5.41, 5.74) is 1.28. The molecule has 0 atom stereocenters. The zero-order chi connectivity index (χ0) is 11.8. The third-order valence-electron chi connectivity index (χ3n) is 2.94. The second kappa shape index (κ2) is 4.00. The molecular formula is C12H10N2O2S. The van der Waals surface area contributed by atoms with Gasteiger partial charge >= 0.3 is 0 Å². The fraction of sp³-hybridized carbons (Fsp3) is 0.333. The molecule has 2 aromatic rings. The van der Waals surface area contributed by atoms with Gasteiger partial charge in [-0.3, -0.25) is 9.59 Å². The number of aromatic nitrogens is 2. The van der Waals surface area contributed by atoms with Crippen LogP contribution in [-0.2, 0) is 4.79 Å². The van der Waals surface area contributed by atoms with Gasteiger partial charge in [0.25, 0.3) is 0 Å². The zero-order valence-corrected chi connectivity index (χ0v) is 9.87. The van der Waals surface area contributed by atoms with Gasteiger partial charge in [-0.25, -0.2) is 0 Å². The molecule has 0 aliphatic heterocycles. The van der Waals surface area contributed by atoms with Gasteiger partial charge in [-0.2, -0.15) is 0 Å².